The van der Waals surface area contributed by atoms with E-state index in [4.69, 9.17) is 44.3 Å². The number of rotatable bonds is 7. The number of aryl methyl sites for hydroxylation is 1. The maximum Gasteiger partial charge on any atom is 0.341 e. The predicted octanol–water partition coefficient (Wildman–Crippen LogP) is 8.91. The summed E-state index contributed by atoms with van der Waals surface area (Å²) in [5.74, 6) is -0.703. The van der Waals surface area contributed by atoms with Crippen LogP contribution in [-0.2, 0) is 9.53 Å². The minimum absolute atomic E-state index is 0.0116. The quantitative estimate of drug-likeness (QED) is 0.294. The first-order valence-corrected chi connectivity index (χ1v) is 13.2. The molecule has 1 heterocycles. The van der Waals surface area contributed by atoms with Crippen LogP contribution in [0.15, 0.2) is 66.7 Å². The lowest BCUT2D eigenvalue weighted by atomic mass is 9.73. The van der Waals surface area contributed by atoms with Gasteiger partial charge < -0.3 is 14.6 Å². The Morgan fingerprint density at radius 2 is 1.73 bits per heavy atom. The Morgan fingerprint density at radius 1 is 1.03 bits per heavy atom. The van der Waals surface area contributed by atoms with Gasteiger partial charge in [-0.05, 0) is 79.8 Å². The van der Waals surface area contributed by atoms with E-state index in [1.807, 2.05) is 63.2 Å². The van der Waals surface area contributed by atoms with E-state index in [1.54, 1.807) is 6.07 Å². The minimum atomic E-state index is -1.06. The van der Waals surface area contributed by atoms with Crippen LogP contribution in [0, 0.1) is 19.8 Å². The van der Waals surface area contributed by atoms with Crippen molar-refractivity contribution in [2.75, 3.05) is 6.61 Å². The first-order chi connectivity index (χ1) is 17.6. The molecule has 4 atom stereocenters. The van der Waals surface area contributed by atoms with Crippen LogP contribution in [0.1, 0.15) is 59.3 Å². The molecule has 4 rings (SSSR count). The lowest BCUT2D eigenvalue weighted by Gasteiger charge is -2.44. The summed E-state index contributed by atoms with van der Waals surface area (Å²) in [4.78, 5) is 11.3. The number of halogens is 3. The smallest absolute Gasteiger partial charge is 0.341 e. The number of hydrogen-bond acceptors (Lipinski definition) is 3. The van der Waals surface area contributed by atoms with E-state index < -0.39 is 18.7 Å². The highest BCUT2D eigenvalue weighted by atomic mass is 35.5. The van der Waals surface area contributed by atoms with E-state index >= 15 is 0 Å². The van der Waals surface area contributed by atoms with Crippen molar-refractivity contribution in [1.82, 2.24) is 0 Å². The first-order valence-electron chi connectivity index (χ1n) is 12.0. The van der Waals surface area contributed by atoms with Gasteiger partial charge in [-0.25, -0.2) is 4.79 Å². The summed E-state index contributed by atoms with van der Waals surface area (Å²) in [6.45, 7) is 9.60. The third-order valence-electron chi connectivity index (χ3n) is 6.97. The second-order valence-electron chi connectivity index (χ2n) is 9.61. The van der Waals surface area contributed by atoms with E-state index in [-0.39, 0.29) is 17.9 Å². The monoisotopic (exact) mass is 558 g/mol. The van der Waals surface area contributed by atoms with Crippen molar-refractivity contribution in [3.63, 3.8) is 0 Å². The fourth-order valence-corrected chi connectivity index (χ4v) is 5.64. The lowest BCUT2D eigenvalue weighted by Crippen LogP contribution is -2.32. The van der Waals surface area contributed by atoms with Crippen LogP contribution in [0.2, 0.25) is 15.1 Å². The molecule has 0 unspecified atom stereocenters. The molecule has 1 aliphatic rings. The highest BCUT2D eigenvalue weighted by Crippen LogP contribution is 2.54. The molecule has 7 heteroatoms. The van der Waals surface area contributed by atoms with Crippen LogP contribution >= 0.6 is 34.8 Å². The Hall–Kier alpha value is -2.50. The molecule has 0 radical (unpaired) electrons. The first kappa shape index (κ1) is 27.5. The summed E-state index contributed by atoms with van der Waals surface area (Å²) in [5, 5.41) is 11.2. The number of ether oxygens (including phenoxy) is 2. The standard InChI is InChI=1S/C30H29Cl3O4/c1-16(2)23-14-24(20-6-5-7-22(32)13-20)29(19-8-10-21(31)11-9-19)37-30(23)27-18(4)28(33)17(3)12-25(27)36-15-26(34)35/h5-13,23-24,29-30H,1,14-15H2,2-4H3,(H,34,35)/t23-,24-,29+,30+/m1/s1. The number of carboxylic acid groups (broad SMARTS) is 1. The Morgan fingerprint density at radius 3 is 2.35 bits per heavy atom. The molecule has 0 amide bonds. The van der Waals surface area contributed by atoms with E-state index in [0.29, 0.717) is 20.8 Å². The second kappa shape index (κ2) is 11.5. The van der Waals surface area contributed by atoms with Crippen LogP contribution in [0.4, 0.5) is 0 Å². The highest BCUT2D eigenvalue weighted by molar-refractivity contribution is 6.32. The van der Waals surface area contributed by atoms with Crippen molar-refractivity contribution < 1.29 is 19.4 Å². The summed E-state index contributed by atoms with van der Waals surface area (Å²) >= 11 is 19.3. The van der Waals surface area contributed by atoms with Crippen molar-refractivity contribution in [2.45, 2.75) is 45.3 Å². The lowest BCUT2D eigenvalue weighted by molar-refractivity contribution is -0.139. The van der Waals surface area contributed by atoms with Crippen LogP contribution in [0.25, 0.3) is 0 Å². The van der Waals surface area contributed by atoms with Gasteiger partial charge >= 0.3 is 5.97 Å². The van der Waals surface area contributed by atoms with Gasteiger partial charge in [-0.1, -0.05) is 71.2 Å². The number of benzene rings is 3. The fraction of sp³-hybridized carbons (Fsp3) is 0.300. The Balaban J connectivity index is 1.87. The summed E-state index contributed by atoms with van der Waals surface area (Å²) in [6.07, 6.45) is -0.0598. The van der Waals surface area contributed by atoms with Crippen LogP contribution in [0.3, 0.4) is 0 Å². The molecule has 0 aliphatic carbocycles. The van der Waals surface area contributed by atoms with E-state index in [9.17, 15) is 9.90 Å². The largest absolute Gasteiger partial charge is 0.482 e. The average Bonchev–Trinajstić information content (AvgIpc) is 2.86. The van der Waals surface area contributed by atoms with Crippen LogP contribution < -0.4 is 4.74 Å². The van der Waals surface area contributed by atoms with Gasteiger partial charge in [-0.3, -0.25) is 0 Å². The summed E-state index contributed by atoms with van der Waals surface area (Å²) in [7, 11) is 0. The molecule has 1 aliphatic heterocycles. The molecule has 0 aromatic heterocycles. The third kappa shape index (κ3) is 5.99. The van der Waals surface area contributed by atoms with Crippen LogP contribution in [-0.4, -0.2) is 17.7 Å². The van der Waals surface area contributed by atoms with Gasteiger partial charge in [0.1, 0.15) is 5.75 Å². The Labute approximate surface area is 232 Å². The molecule has 4 nitrogen and oxygen atoms in total. The van der Waals surface area contributed by atoms with E-state index in [2.05, 4.69) is 12.6 Å². The molecule has 1 N–H and O–H groups in total. The zero-order chi connectivity index (χ0) is 26.9. The van der Waals surface area contributed by atoms with Crippen molar-refractivity contribution in [3.05, 3.63) is 110 Å². The molecule has 1 fully saturated rings. The molecule has 0 saturated carbocycles. The molecule has 0 spiro atoms. The SMILES string of the molecule is C=C(C)[C@H]1C[C@H](c2cccc(Cl)c2)[C@H](c2ccc(Cl)cc2)O[C@@H]1c1c(OCC(=O)O)cc(C)c(Cl)c1C. The number of carbonyl (C=O) groups is 1. The fourth-order valence-electron chi connectivity index (χ4n) is 5.16. The second-order valence-corrected chi connectivity index (χ2v) is 10.9. The van der Waals surface area contributed by atoms with Gasteiger partial charge in [0, 0.05) is 32.5 Å². The normalized spacial score (nSPS) is 21.5. The van der Waals surface area contributed by atoms with Crippen molar-refractivity contribution in [2.24, 2.45) is 5.92 Å². The number of carboxylic acids is 1. The number of aliphatic carboxylic acids is 1. The maximum absolute atomic E-state index is 11.3. The van der Waals surface area contributed by atoms with Crippen LogP contribution in [0.5, 0.6) is 5.75 Å². The van der Waals surface area contributed by atoms with Gasteiger partial charge in [-0.2, -0.15) is 0 Å². The van der Waals surface area contributed by atoms with Gasteiger partial charge in [0.25, 0.3) is 0 Å². The zero-order valence-corrected chi connectivity index (χ0v) is 23.2. The summed E-state index contributed by atoms with van der Waals surface area (Å²) < 4.78 is 12.7. The van der Waals surface area contributed by atoms with E-state index in [1.165, 1.54) is 0 Å². The average molecular weight is 560 g/mol. The topological polar surface area (TPSA) is 55.8 Å². The Kier molecular flexibility index (Phi) is 8.55. The molecular formula is C30H29Cl3O4. The molecule has 3 aromatic rings. The van der Waals surface area contributed by atoms with Crippen molar-refractivity contribution in [3.8, 4) is 5.75 Å². The molecular weight excluding hydrogens is 531 g/mol. The molecule has 37 heavy (non-hydrogen) atoms. The highest BCUT2D eigenvalue weighted by Gasteiger charge is 2.42. The van der Waals surface area contributed by atoms with Gasteiger partial charge in [-0.15, -0.1) is 0 Å². The minimum Gasteiger partial charge on any atom is -0.482 e. The summed E-state index contributed by atoms with van der Waals surface area (Å²) in [6, 6.07) is 17.3. The van der Waals surface area contributed by atoms with Gasteiger partial charge in [0.2, 0.25) is 0 Å². The molecule has 1 saturated heterocycles. The number of hydrogen-bond donors (Lipinski definition) is 1. The Bertz CT molecular complexity index is 1320. The maximum atomic E-state index is 11.3. The van der Waals surface area contributed by atoms with Crippen molar-refractivity contribution in [1.29, 1.82) is 0 Å². The van der Waals surface area contributed by atoms with Crippen molar-refractivity contribution >= 4 is 40.8 Å². The predicted molar refractivity (Wildman–Crippen MR) is 149 cm³/mol. The van der Waals surface area contributed by atoms with Gasteiger partial charge in [0.15, 0.2) is 6.61 Å². The summed E-state index contributed by atoms with van der Waals surface area (Å²) in [5.41, 5.74) is 5.34. The van der Waals surface area contributed by atoms with E-state index in [0.717, 1.165) is 39.8 Å². The molecule has 194 valence electrons. The molecule has 3 aromatic carbocycles. The zero-order valence-electron chi connectivity index (χ0n) is 20.9. The molecule has 0 bridgehead atoms. The van der Waals surface area contributed by atoms with Gasteiger partial charge in [0.05, 0.1) is 12.2 Å². The third-order valence-corrected chi connectivity index (χ3v) is 8.04.